The first-order valence-electron chi connectivity index (χ1n) is 7.38. The van der Waals surface area contributed by atoms with Crippen LogP contribution < -0.4 is 9.47 Å². The number of nitriles is 1. The van der Waals surface area contributed by atoms with Gasteiger partial charge in [-0.1, -0.05) is 12.1 Å². The van der Waals surface area contributed by atoms with Gasteiger partial charge in [0.25, 0.3) is 5.91 Å². The molecule has 2 heterocycles. The monoisotopic (exact) mass is 328 g/mol. The van der Waals surface area contributed by atoms with Gasteiger partial charge in [-0.25, -0.2) is 0 Å². The van der Waals surface area contributed by atoms with E-state index in [2.05, 4.69) is 6.07 Å². The molecule has 0 atom stereocenters. The number of rotatable bonds is 4. The molecular weight excluding hydrogens is 312 g/mol. The second-order valence-electron chi connectivity index (χ2n) is 5.07. The highest BCUT2D eigenvalue weighted by atomic mass is 32.1. The molecule has 0 aliphatic carbocycles. The number of nitrogens with zero attached hydrogens (tertiary/aromatic N) is 2. The fraction of sp³-hybridized carbons (Fsp3) is 0.294. The van der Waals surface area contributed by atoms with E-state index in [0.29, 0.717) is 42.5 Å². The molecule has 5 nitrogen and oxygen atoms in total. The molecule has 0 saturated carbocycles. The van der Waals surface area contributed by atoms with Crippen molar-refractivity contribution in [2.45, 2.75) is 13.5 Å². The Bertz CT molecular complexity index is 763. The zero-order valence-electron chi connectivity index (χ0n) is 12.7. The molecule has 0 spiro atoms. The minimum absolute atomic E-state index is 0.0756. The van der Waals surface area contributed by atoms with Crippen molar-refractivity contribution in [1.82, 2.24) is 4.90 Å². The Balaban J connectivity index is 1.82. The second-order valence-corrected chi connectivity index (χ2v) is 5.98. The molecule has 1 amide bonds. The third-order valence-corrected chi connectivity index (χ3v) is 4.54. The van der Waals surface area contributed by atoms with Crippen molar-refractivity contribution in [3.8, 4) is 17.6 Å². The van der Waals surface area contributed by atoms with Crippen LogP contribution in [-0.4, -0.2) is 30.6 Å². The van der Waals surface area contributed by atoms with Crippen molar-refractivity contribution in [2.24, 2.45) is 0 Å². The lowest BCUT2D eigenvalue weighted by molar-refractivity contribution is 0.0754. The normalized spacial score (nSPS) is 12.5. The first-order valence-corrected chi connectivity index (χ1v) is 8.26. The molecule has 2 aromatic rings. The number of ether oxygens (including phenoxy) is 2. The van der Waals surface area contributed by atoms with E-state index in [1.807, 2.05) is 25.1 Å². The van der Waals surface area contributed by atoms with Crippen molar-refractivity contribution in [3.05, 3.63) is 45.6 Å². The highest BCUT2D eigenvalue weighted by Gasteiger charge is 2.21. The summed E-state index contributed by atoms with van der Waals surface area (Å²) in [5.41, 5.74) is 1.44. The Labute approximate surface area is 138 Å². The lowest BCUT2D eigenvalue weighted by Gasteiger charge is -2.25. The number of benzene rings is 1. The fourth-order valence-corrected chi connectivity index (χ4v) is 3.25. The van der Waals surface area contributed by atoms with Gasteiger partial charge in [0, 0.05) is 24.0 Å². The van der Waals surface area contributed by atoms with Crippen LogP contribution in [0.2, 0.25) is 0 Å². The third-order valence-electron chi connectivity index (χ3n) is 3.62. The first kappa shape index (κ1) is 15.4. The standard InChI is InChI=1S/C17H16N2O3S/c1-2-19(17(20)15-8-12(9-18)11-23-15)10-13-4-3-5-14-16(13)22-7-6-21-14/h3-5,8,11H,2,6-7,10H2,1H3. The Kier molecular flexibility index (Phi) is 4.49. The summed E-state index contributed by atoms with van der Waals surface area (Å²) in [7, 11) is 0. The summed E-state index contributed by atoms with van der Waals surface area (Å²) in [5.74, 6) is 1.36. The van der Waals surface area contributed by atoms with E-state index in [0.717, 1.165) is 11.3 Å². The number of carbonyl (C=O) groups is 1. The molecule has 0 fully saturated rings. The lowest BCUT2D eigenvalue weighted by atomic mass is 10.1. The predicted molar refractivity (Wildman–Crippen MR) is 86.9 cm³/mol. The Morgan fingerprint density at radius 3 is 2.96 bits per heavy atom. The van der Waals surface area contributed by atoms with Crippen molar-refractivity contribution in [2.75, 3.05) is 19.8 Å². The minimum Gasteiger partial charge on any atom is -0.486 e. The van der Waals surface area contributed by atoms with E-state index in [9.17, 15) is 4.79 Å². The molecule has 1 aromatic carbocycles. The molecule has 0 N–H and O–H groups in total. The van der Waals surface area contributed by atoms with E-state index in [1.54, 1.807) is 16.3 Å². The average molecular weight is 328 g/mol. The number of thiophene rings is 1. The van der Waals surface area contributed by atoms with Crippen LogP contribution in [0, 0.1) is 11.3 Å². The number of amides is 1. The van der Waals surface area contributed by atoms with Crippen molar-refractivity contribution in [3.63, 3.8) is 0 Å². The summed E-state index contributed by atoms with van der Waals surface area (Å²) in [6.07, 6.45) is 0. The first-order chi connectivity index (χ1) is 11.2. The summed E-state index contributed by atoms with van der Waals surface area (Å²) in [4.78, 5) is 14.9. The van der Waals surface area contributed by atoms with Gasteiger partial charge < -0.3 is 14.4 Å². The van der Waals surface area contributed by atoms with Crippen molar-refractivity contribution < 1.29 is 14.3 Å². The number of hydrogen-bond donors (Lipinski definition) is 0. The van der Waals surface area contributed by atoms with Gasteiger partial charge in [0.05, 0.1) is 10.4 Å². The van der Waals surface area contributed by atoms with Gasteiger partial charge in [-0.3, -0.25) is 4.79 Å². The molecule has 0 unspecified atom stereocenters. The Morgan fingerprint density at radius 2 is 2.22 bits per heavy atom. The van der Waals surface area contributed by atoms with E-state index in [4.69, 9.17) is 14.7 Å². The maximum absolute atomic E-state index is 12.6. The quantitative estimate of drug-likeness (QED) is 0.865. The maximum atomic E-state index is 12.6. The zero-order chi connectivity index (χ0) is 16.2. The highest BCUT2D eigenvalue weighted by Crippen LogP contribution is 2.34. The molecule has 0 bridgehead atoms. The smallest absolute Gasteiger partial charge is 0.264 e. The average Bonchev–Trinajstić information content (AvgIpc) is 3.08. The summed E-state index contributed by atoms with van der Waals surface area (Å²) >= 11 is 1.30. The molecule has 23 heavy (non-hydrogen) atoms. The second kappa shape index (κ2) is 6.71. The van der Waals surface area contributed by atoms with Gasteiger partial charge >= 0.3 is 0 Å². The van der Waals surface area contributed by atoms with Crippen molar-refractivity contribution >= 4 is 17.2 Å². The molecule has 1 aliphatic heterocycles. The molecule has 1 aliphatic rings. The third kappa shape index (κ3) is 3.15. The van der Waals surface area contributed by atoms with Gasteiger partial charge in [0.2, 0.25) is 0 Å². The number of carbonyl (C=O) groups excluding carboxylic acids is 1. The number of fused-ring (bicyclic) bond motifs is 1. The summed E-state index contributed by atoms with van der Waals surface area (Å²) in [6.45, 7) is 4.01. The van der Waals surface area contributed by atoms with Crippen LogP contribution in [0.25, 0.3) is 0 Å². The highest BCUT2D eigenvalue weighted by molar-refractivity contribution is 7.12. The number of para-hydroxylation sites is 1. The molecule has 118 valence electrons. The molecule has 0 saturated heterocycles. The lowest BCUT2D eigenvalue weighted by Crippen LogP contribution is -2.30. The SMILES string of the molecule is CCN(Cc1cccc2c1OCCO2)C(=O)c1cc(C#N)cs1. The summed E-state index contributed by atoms with van der Waals surface area (Å²) in [6, 6.07) is 9.40. The van der Waals surface area contributed by atoms with Gasteiger partial charge in [-0.2, -0.15) is 5.26 Å². The van der Waals surface area contributed by atoms with Gasteiger partial charge in [0.1, 0.15) is 19.3 Å². The van der Waals surface area contributed by atoms with Gasteiger partial charge in [0.15, 0.2) is 11.5 Å². The van der Waals surface area contributed by atoms with Crippen LogP contribution >= 0.6 is 11.3 Å². The van der Waals surface area contributed by atoms with Crippen LogP contribution in [-0.2, 0) is 6.54 Å². The molecule has 3 rings (SSSR count). The zero-order valence-corrected chi connectivity index (χ0v) is 13.6. The Morgan fingerprint density at radius 1 is 1.39 bits per heavy atom. The fourth-order valence-electron chi connectivity index (χ4n) is 2.45. The molecule has 0 radical (unpaired) electrons. The van der Waals surface area contributed by atoms with Crippen LogP contribution in [0.5, 0.6) is 11.5 Å². The van der Waals surface area contributed by atoms with Crippen LogP contribution in [0.3, 0.4) is 0 Å². The Hall–Kier alpha value is -2.52. The van der Waals surface area contributed by atoms with Crippen LogP contribution in [0.4, 0.5) is 0 Å². The topological polar surface area (TPSA) is 62.6 Å². The minimum atomic E-state index is -0.0756. The van der Waals surface area contributed by atoms with E-state index in [-0.39, 0.29) is 5.91 Å². The van der Waals surface area contributed by atoms with E-state index in [1.165, 1.54) is 11.3 Å². The molecule has 6 heteroatoms. The van der Waals surface area contributed by atoms with Gasteiger partial charge in [-0.15, -0.1) is 11.3 Å². The summed E-state index contributed by atoms with van der Waals surface area (Å²) in [5, 5.41) is 10.6. The summed E-state index contributed by atoms with van der Waals surface area (Å²) < 4.78 is 11.3. The van der Waals surface area contributed by atoms with Crippen molar-refractivity contribution in [1.29, 1.82) is 5.26 Å². The molecular formula is C17H16N2O3S. The van der Waals surface area contributed by atoms with E-state index < -0.39 is 0 Å². The van der Waals surface area contributed by atoms with Crippen LogP contribution in [0.15, 0.2) is 29.6 Å². The molecule has 1 aromatic heterocycles. The van der Waals surface area contributed by atoms with E-state index >= 15 is 0 Å². The number of hydrogen-bond acceptors (Lipinski definition) is 5. The van der Waals surface area contributed by atoms with Gasteiger partial charge in [-0.05, 0) is 19.1 Å². The largest absolute Gasteiger partial charge is 0.486 e. The maximum Gasteiger partial charge on any atom is 0.264 e. The van der Waals surface area contributed by atoms with Crippen LogP contribution in [0.1, 0.15) is 27.7 Å². The predicted octanol–water partition coefficient (Wildman–Crippen LogP) is 3.05.